The molecule has 1 aromatic carbocycles. The molecule has 6 heteroatoms. The van der Waals surface area contributed by atoms with Crippen molar-refractivity contribution in [2.75, 3.05) is 14.2 Å². The predicted molar refractivity (Wildman–Crippen MR) is 55.9 cm³/mol. The fourth-order valence-electron chi connectivity index (χ4n) is 1.39. The highest BCUT2D eigenvalue weighted by molar-refractivity contribution is 5.75. The Morgan fingerprint density at radius 3 is 2.53 bits per heavy atom. The van der Waals surface area contributed by atoms with Gasteiger partial charge in [0.2, 0.25) is 0 Å². The largest absolute Gasteiger partial charge is 0.493 e. The van der Waals surface area contributed by atoms with Crippen LogP contribution in [0.1, 0.15) is 11.7 Å². The number of hydrogen-bond acceptors (Lipinski definition) is 5. The third kappa shape index (κ3) is 2.72. The first-order valence-electron chi connectivity index (χ1n) is 4.79. The maximum absolute atomic E-state index is 13.3. The number of carbonyl (C=O) groups is 1. The van der Waals surface area contributed by atoms with Crippen LogP contribution in [0.15, 0.2) is 18.2 Å². The van der Waals surface area contributed by atoms with E-state index >= 15 is 0 Å². The maximum atomic E-state index is 13.3. The van der Waals surface area contributed by atoms with Crippen molar-refractivity contribution in [3.05, 3.63) is 29.6 Å². The van der Waals surface area contributed by atoms with Crippen LogP contribution in [0.2, 0.25) is 0 Å². The van der Waals surface area contributed by atoms with Gasteiger partial charge in [-0.1, -0.05) is 12.1 Å². The SMILES string of the molecule is COC(=O)C(O)C(O)c1cccc(F)c1OC. The molecule has 0 saturated heterocycles. The Morgan fingerprint density at radius 1 is 1.35 bits per heavy atom. The van der Waals surface area contributed by atoms with Crippen molar-refractivity contribution in [3.63, 3.8) is 0 Å². The Kier molecular flexibility index (Phi) is 4.42. The van der Waals surface area contributed by atoms with E-state index in [4.69, 9.17) is 4.74 Å². The smallest absolute Gasteiger partial charge is 0.337 e. The average molecular weight is 244 g/mol. The normalized spacial score (nSPS) is 13.9. The molecule has 1 rings (SSSR count). The average Bonchev–Trinajstić information content (AvgIpc) is 2.35. The van der Waals surface area contributed by atoms with E-state index < -0.39 is 24.0 Å². The molecule has 0 saturated carbocycles. The summed E-state index contributed by atoms with van der Waals surface area (Å²) in [4.78, 5) is 11.0. The molecule has 0 aliphatic carbocycles. The Bertz CT molecular complexity index is 407. The number of methoxy groups -OCH3 is 2. The second kappa shape index (κ2) is 5.60. The first kappa shape index (κ1) is 13.4. The quantitative estimate of drug-likeness (QED) is 0.750. The minimum absolute atomic E-state index is 0.0228. The molecule has 2 atom stereocenters. The Labute approximate surface area is 97.4 Å². The zero-order valence-corrected chi connectivity index (χ0v) is 9.38. The van der Waals surface area contributed by atoms with E-state index in [2.05, 4.69) is 4.74 Å². The van der Waals surface area contributed by atoms with Crippen molar-refractivity contribution in [3.8, 4) is 5.75 Å². The fraction of sp³-hybridized carbons (Fsp3) is 0.364. The third-order valence-electron chi connectivity index (χ3n) is 2.26. The van der Waals surface area contributed by atoms with Crippen LogP contribution in [0.3, 0.4) is 0 Å². The molecular weight excluding hydrogens is 231 g/mol. The lowest BCUT2D eigenvalue weighted by atomic mass is 10.0. The van der Waals surface area contributed by atoms with Crippen LogP contribution in [-0.4, -0.2) is 36.5 Å². The number of halogens is 1. The molecule has 0 spiro atoms. The second-order valence-electron chi connectivity index (χ2n) is 3.28. The van der Waals surface area contributed by atoms with Gasteiger partial charge < -0.3 is 19.7 Å². The van der Waals surface area contributed by atoms with Gasteiger partial charge in [-0.2, -0.15) is 0 Å². The van der Waals surface area contributed by atoms with Crippen LogP contribution in [-0.2, 0) is 9.53 Å². The van der Waals surface area contributed by atoms with Crippen LogP contribution in [0.5, 0.6) is 5.75 Å². The molecule has 17 heavy (non-hydrogen) atoms. The molecule has 0 radical (unpaired) electrons. The van der Waals surface area contributed by atoms with Crippen LogP contribution < -0.4 is 4.74 Å². The van der Waals surface area contributed by atoms with E-state index in [0.29, 0.717) is 0 Å². The molecule has 94 valence electrons. The molecule has 0 aliphatic rings. The Balaban J connectivity index is 3.07. The predicted octanol–water partition coefficient (Wildman–Crippen LogP) is 0.402. The fourth-order valence-corrected chi connectivity index (χ4v) is 1.39. The minimum Gasteiger partial charge on any atom is -0.493 e. The summed E-state index contributed by atoms with van der Waals surface area (Å²) in [6.07, 6.45) is -3.41. The van der Waals surface area contributed by atoms with E-state index in [1.807, 2.05) is 0 Å². The molecule has 0 aromatic heterocycles. The van der Waals surface area contributed by atoms with Crippen molar-refractivity contribution in [1.29, 1.82) is 0 Å². The van der Waals surface area contributed by atoms with E-state index in [-0.39, 0.29) is 11.3 Å². The molecule has 2 N–H and O–H groups in total. The number of carbonyl (C=O) groups excluding carboxylic acids is 1. The molecule has 0 fully saturated rings. The molecule has 5 nitrogen and oxygen atoms in total. The molecule has 2 unspecified atom stereocenters. The molecule has 0 aliphatic heterocycles. The van der Waals surface area contributed by atoms with Crippen LogP contribution >= 0.6 is 0 Å². The van der Waals surface area contributed by atoms with Crippen molar-refractivity contribution in [1.82, 2.24) is 0 Å². The van der Waals surface area contributed by atoms with Gasteiger partial charge in [-0.25, -0.2) is 9.18 Å². The van der Waals surface area contributed by atoms with Gasteiger partial charge in [-0.15, -0.1) is 0 Å². The number of hydrogen-bond donors (Lipinski definition) is 2. The number of ether oxygens (including phenoxy) is 2. The van der Waals surface area contributed by atoms with E-state index in [1.54, 1.807) is 0 Å². The molecule has 1 aromatic rings. The monoisotopic (exact) mass is 244 g/mol. The van der Waals surface area contributed by atoms with Gasteiger partial charge in [-0.05, 0) is 6.07 Å². The number of benzene rings is 1. The second-order valence-corrected chi connectivity index (χ2v) is 3.28. The van der Waals surface area contributed by atoms with Gasteiger partial charge in [-0.3, -0.25) is 0 Å². The van der Waals surface area contributed by atoms with Crippen LogP contribution in [0, 0.1) is 5.82 Å². The van der Waals surface area contributed by atoms with Crippen molar-refractivity contribution in [2.45, 2.75) is 12.2 Å². The summed E-state index contributed by atoms with van der Waals surface area (Å²) in [6.45, 7) is 0. The highest BCUT2D eigenvalue weighted by atomic mass is 19.1. The van der Waals surface area contributed by atoms with Crippen molar-refractivity contribution >= 4 is 5.97 Å². The number of esters is 1. The van der Waals surface area contributed by atoms with Gasteiger partial charge in [0.15, 0.2) is 17.7 Å². The van der Waals surface area contributed by atoms with Crippen molar-refractivity contribution in [2.24, 2.45) is 0 Å². The number of rotatable bonds is 4. The first-order chi connectivity index (χ1) is 8.02. The minimum atomic E-state index is -1.80. The first-order valence-corrected chi connectivity index (χ1v) is 4.79. The summed E-state index contributed by atoms with van der Waals surface area (Å²) in [5.41, 5.74) is -0.0228. The Hall–Kier alpha value is -1.66. The maximum Gasteiger partial charge on any atom is 0.337 e. The summed E-state index contributed by atoms with van der Waals surface area (Å²) in [5.74, 6) is -1.92. The van der Waals surface area contributed by atoms with E-state index in [0.717, 1.165) is 13.2 Å². The third-order valence-corrected chi connectivity index (χ3v) is 2.26. The van der Waals surface area contributed by atoms with E-state index in [9.17, 15) is 19.4 Å². The summed E-state index contributed by atoms with van der Waals surface area (Å²) in [6, 6.07) is 3.82. The van der Waals surface area contributed by atoms with Gasteiger partial charge in [0.05, 0.1) is 14.2 Å². The number of aliphatic hydroxyl groups excluding tert-OH is 2. The molecule has 0 heterocycles. The standard InChI is InChI=1S/C11H13FO5/c1-16-10-6(4-3-5-7(10)12)8(13)9(14)11(15)17-2/h3-5,8-9,13-14H,1-2H3. The highest BCUT2D eigenvalue weighted by Gasteiger charge is 2.29. The number of aliphatic hydroxyl groups is 2. The molecular formula is C11H13FO5. The summed E-state index contributed by atoms with van der Waals surface area (Å²) in [5, 5.41) is 19.2. The summed E-state index contributed by atoms with van der Waals surface area (Å²) < 4.78 is 22.4. The topological polar surface area (TPSA) is 76.0 Å². The van der Waals surface area contributed by atoms with Crippen LogP contribution in [0.25, 0.3) is 0 Å². The summed E-state index contributed by atoms with van der Waals surface area (Å²) >= 11 is 0. The lowest BCUT2D eigenvalue weighted by Gasteiger charge is -2.18. The van der Waals surface area contributed by atoms with Crippen molar-refractivity contribution < 1.29 is 28.9 Å². The zero-order valence-electron chi connectivity index (χ0n) is 9.38. The Morgan fingerprint density at radius 2 is 2.00 bits per heavy atom. The van der Waals surface area contributed by atoms with E-state index in [1.165, 1.54) is 19.2 Å². The van der Waals surface area contributed by atoms with Gasteiger partial charge in [0, 0.05) is 5.56 Å². The summed E-state index contributed by atoms with van der Waals surface area (Å²) in [7, 11) is 2.29. The number of para-hydroxylation sites is 1. The van der Waals surface area contributed by atoms with Gasteiger partial charge in [0.1, 0.15) is 6.10 Å². The lowest BCUT2D eigenvalue weighted by molar-refractivity contribution is -0.156. The molecule has 0 amide bonds. The van der Waals surface area contributed by atoms with Crippen LogP contribution in [0.4, 0.5) is 4.39 Å². The molecule has 0 bridgehead atoms. The van der Waals surface area contributed by atoms with Gasteiger partial charge in [0.25, 0.3) is 0 Å². The zero-order chi connectivity index (χ0) is 13.0. The van der Waals surface area contributed by atoms with Gasteiger partial charge >= 0.3 is 5.97 Å². The highest BCUT2D eigenvalue weighted by Crippen LogP contribution is 2.29. The lowest BCUT2D eigenvalue weighted by Crippen LogP contribution is -2.29.